The fourth-order valence-corrected chi connectivity index (χ4v) is 3.06. The molecule has 0 bridgehead atoms. The molecule has 2 aromatic carbocycles. The number of benzene rings is 2. The molecule has 0 amide bonds. The summed E-state index contributed by atoms with van der Waals surface area (Å²) in [4.78, 5) is 2.45. The van der Waals surface area contributed by atoms with Crippen LogP contribution in [0.4, 0.5) is 11.4 Å². The monoisotopic (exact) mass is 266 g/mol. The van der Waals surface area contributed by atoms with Crippen LogP contribution in [-0.4, -0.2) is 6.54 Å². The first-order chi connectivity index (χ1) is 9.77. The van der Waals surface area contributed by atoms with Gasteiger partial charge in [-0.15, -0.1) is 0 Å². The highest BCUT2D eigenvalue weighted by Gasteiger charge is 2.19. The van der Waals surface area contributed by atoms with E-state index in [2.05, 4.69) is 60.4 Å². The van der Waals surface area contributed by atoms with Gasteiger partial charge in [0, 0.05) is 24.0 Å². The molecule has 0 unspecified atom stereocenters. The van der Waals surface area contributed by atoms with Crippen LogP contribution < -0.4 is 10.6 Å². The highest BCUT2D eigenvalue weighted by molar-refractivity contribution is 5.70. The number of anilines is 2. The van der Waals surface area contributed by atoms with Gasteiger partial charge in [-0.05, 0) is 49.4 Å². The summed E-state index contributed by atoms with van der Waals surface area (Å²) in [5.41, 5.74) is 11.4. The van der Waals surface area contributed by atoms with Crippen molar-refractivity contribution in [2.45, 2.75) is 32.2 Å². The number of nitrogens with zero attached hydrogens (tertiary/aromatic N) is 1. The summed E-state index contributed by atoms with van der Waals surface area (Å²) in [6.07, 6.45) is 3.66. The van der Waals surface area contributed by atoms with Crippen molar-refractivity contribution in [3.05, 3.63) is 59.7 Å². The molecule has 2 nitrogen and oxygen atoms in total. The van der Waals surface area contributed by atoms with Crippen LogP contribution in [0.15, 0.2) is 48.5 Å². The van der Waals surface area contributed by atoms with Gasteiger partial charge in [-0.1, -0.05) is 36.4 Å². The fourth-order valence-electron chi connectivity index (χ4n) is 3.06. The van der Waals surface area contributed by atoms with E-state index < -0.39 is 0 Å². The first kappa shape index (κ1) is 13.2. The molecule has 2 aromatic rings. The Labute approximate surface area is 121 Å². The highest BCUT2D eigenvalue weighted by Crippen LogP contribution is 2.35. The molecule has 20 heavy (non-hydrogen) atoms. The first-order valence-corrected chi connectivity index (χ1v) is 7.47. The molecule has 3 rings (SSSR count). The third kappa shape index (κ3) is 2.44. The average molecular weight is 266 g/mol. The second-order valence-electron chi connectivity index (χ2n) is 5.58. The summed E-state index contributed by atoms with van der Waals surface area (Å²) in [7, 11) is 0. The van der Waals surface area contributed by atoms with Crippen molar-refractivity contribution < 1.29 is 0 Å². The first-order valence-electron chi connectivity index (χ1n) is 7.47. The molecule has 104 valence electrons. The van der Waals surface area contributed by atoms with Gasteiger partial charge in [0.25, 0.3) is 0 Å². The molecule has 1 atom stereocenters. The maximum absolute atomic E-state index is 6.15. The Bertz CT molecular complexity index is 589. The van der Waals surface area contributed by atoms with Gasteiger partial charge >= 0.3 is 0 Å². The van der Waals surface area contributed by atoms with Gasteiger partial charge in [-0.25, -0.2) is 0 Å². The van der Waals surface area contributed by atoms with E-state index >= 15 is 0 Å². The molecule has 0 saturated heterocycles. The van der Waals surface area contributed by atoms with Crippen molar-refractivity contribution in [2.24, 2.45) is 5.73 Å². The molecule has 0 aromatic heterocycles. The largest absolute Gasteiger partial charge is 0.341 e. The molecule has 0 fully saturated rings. The normalized spacial score (nSPS) is 16.4. The summed E-state index contributed by atoms with van der Waals surface area (Å²) in [6, 6.07) is 17.3. The number of hydrogen-bond donors (Lipinski definition) is 1. The predicted octanol–water partition coefficient (Wildman–Crippen LogP) is 4.18. The van der Waals surface area contributed by atoms with E-state index in [0.717, 1.165) is 6.54 Å². The Morgan fingerprint density at radius 3 is 2.45 bits per heavy atom. The predicted molar refractivity (Wildman–Crippen MR) is 85.4 cm³/mol. The Morgan fingerprint density at radius 2 is 1.65 bits per heavy atom. The lowest BCUT2D eigenvalue weighted by Crippen LogP contribution is -2.21. The van der Waals surface area contributed by atoms with E-state index in [-0.39, 0.29) is 6.04 Å². The van der Waals surface area contributed by atoms with E-state index in [1.807, 2.05) is 0 Å². The molecular weight excluding hydrogens is 244 g/mol. The maximum atomic E-state index is 6.15. The molecule has 1 aliphatic rings. The van der Waals surface area contributed by atoms with Crippen LogP contribution in [0.2, 0.25) is 0 Å². The summed E-state index contributed by atoms with van der Waals surface area (Å²) in [6.45, 7) is 3.13. The third-order valence-corrected chi connectivity index (χ3v) is 4.08. The summed E-state index contributed by atoms with van der Waals surface area (Å²) < 4.78 is 0. The van der Waals surface area contributed by atoms with Crippen LogP contribution in [0.5, 0.6) is 0 Å². The molecule has 0 aliphatic carbocycles. The summed E-state index contributed by atoms with van der Waals surface area (Å²) in [5, 5.41) is 0. The van der Waals surface area contributed by atoms with Crippen molar-refractivity contribution in [3.8, 4) is 0 Å². The van der Waals surface area contributed by atoms with E-state index in [0.29, 0.717) is 0 Å². The van der Waals surface area contributed by atoms with Crippen molar-refractivity contribution in [1.82, 2.24) is 0 Å². The van der Waals surface area contributed by atoms with Crippen LogP contribution in [0.1, 0.15) is 36.9 Å². The summed E-state index contributed by atoms with van der Waals surface area (Å²) >= 11 is 0. The standard InChI is InChI=1S/C18H22N2/c1-14(19)16-10-3-5-12-18(16)20-13-7-6-9-15-8-2-4-11-17(15)20/h2-5,8,10-12,14H,6-7,9,13,19H2,1H3/t14-/m0/s1. The number of hydrogen-bond acceptors (Lipinski definition) is 2. The highest BCUT2D eigenvalue weighted by atomic mass is 15.1. The van der Waals surface area contributed by atoms with E-state index in [4.69, 9.17) is 5.73 Å². The lowest BCUT2D eigenvalue weighted by atomic mass is 10.0. The lowest BCUT2D eigenvalue weighted by molar-refractivity contribution is 0.753. The zero-order valence-corrected chi connectivity index (χ0v) is 12.0. The van der Waals surface area contributed by atoms with Crippen molar-refractivity contribution in [1.29, 1.82) is 0 Å². The van der Waals surface area contributed by atoms with Crippen LogP contribution in [-0.2, 0) is 6.42 Å². The zero-order chi connectivity index (χ0) is 13.9. The topological polar surface area (TPSA) is 29.3 Å². The number of para-hydroxylation sites is 2. The van der Waals surface area contributed by atoms with Crippen LogP contribution in [0.3, 0.4) is 0 Å². The average Bonchev–Trinajstić information content (AvgIpc) is 2.69. The van der Waals surface area contributed by atoms with Crippen molar-refractivity contribution in [2.75, 3.05) is 11.4 Å². The number of nitrogens with two attached hydrogens (primary N) is 1. The molecule has 2 heteroatoms. The number of rotatable bonds is 2. The van der Waals surface area contributed by atoms with Crippen molar-refractivity contribution in [3.63, 3.8) is 0 Å². The Hall–Kier alpha value is -1.80. The summed E-state index contributed by atoms with van der Waals surface area (Å²) in [5.74, 6) is 0. The van der Waals surface area contributed by atoms with Crippen LogP contribution in [0.25, 0.3) is 0 Å². The second-order valence-corrected chi connectivity index (χ2v) is 5.58. The minimum Gasteiger partial charge on any atom is -0.341 e. The van der Waals surface area contributed by atoms with Gasteiger partial charge in [-0.2, -0.15) is 0 Å². The molecule has 0 spiro atoms. The number of aryl methyl sites for hydroxylation is 1. The van der Waals surface area contributed by atoms with E-state index in [9.17, 15) is 0 Å². The van der Waals surface area contributed by atoms with Crippen LogP contribution in [0, 0.1) is 0 Å². The molecule has 0 saturated carbocycles. The molecule has 1 heterocycles. The Morgan fingerprint density at radius 1 is 0.950 bits per heavy atom. The minimum absolute atomic E-state index is 0.0571. The van der Waals surface area contributed by atoms with Gasteiger partial charge in [-0.3, -0.25) is 0 Å². The Kier molecular flexibility index (Phi) is 3.75. The molecule has 2 N–H and O–H groups in total. The minimum atomic E-state index is 0.0571. The molecule has 1 aliphatic heterocycles. The van der Waals surface area contributed by atoms with Crippen LogP contribution >= 0.6 is 0 Å². The lowest BCUT2D eigenvalue weighted by Gasteiger charge is -2.28. The third-order valence-electron chi connectivity index (χ3n) is 4.08. The maximum Gasteiger partial charge on any atom is 0.0459 e. The van der Waals surface area contributed by atoms with Gasteiger partial charge in [0.05, 0.1) is 0 Å². The fraction of sp³-hybridized carbons (Fsp3) is 0.333. The quantitative estimate of drug-likeness (QED) is 0.883. The van der Waals surface area contributed by atoms with Gasteiger partial charge in [0.15, 0.2) is 0 Å². The molecule has 0 radical (unpaired) electrons. The van der Waals surface area contributed by atoms with E-state index in [1.54, 1.807) is 0 Å². The van der Waals surface area contributed by atoms with Gasteiger partial charge in [0.1, 0.15) is 0 Å². The van der Waals surface area contributed by atoms with Gasteiger partial charge in [0.2, 0.25) is 0 Å². The SMILES string of the molecule is C[C@H](N)c1ccccc1N1CCCCc2ccccc21. The smallest absolute Gasteiger partial charge is 0.0459 e. The number of fused-ring (bicyclic) bond motifs is 1. The Balaban J connectivity index is 2.10. The van der Waals surface area contributed by atoms with E-state index in [1.165, 1.54) is 41.8 Å². The second kappa shape index (κ2) is 5.68. The van der Waals surface area contributed by atoms with Gasteiger partial charge < -0.3 is 10.6 Å². The molecular formula is C18H22N2. The zero-order valence-electron chi connectivity index (χ0n) is 12.0. The van der Waals surface area contributed by atoms with Crippen molar-refractivity contribution >= 4 is 11.4 Å².